The minimum Gasteiger partial charge on any atom is -0.351 e. The van der Waals surface area contributed by atoms with Gasteiger partial charge in [0.15, 0.2) is 0 Å². The van der Waals surface area contributed by atoms with Gasteiger partial charge >= 0.3 is 0 Å². The third kappa shape index (κ3) is 2.81. The average Bonchev–Trinajstić information content (AvgIpc) is 2.75. The molecule has 112 valence electrons. The van der Waals surface area contributed by atoms with Crippen LogP contribution in [0.4, 0.5) is 5.82 Å². The second-order valence-corrected chi connectivity index (χ2v) is 5.08. The fraction of sp³-hybridized carbons (Fsp3) is 0.250. The van der Waals surface area contributed by atoms with Crippen molar-refractivity contribution < 1.29 is 4.79 Å². The smallest absolute Gasteiger partial charge is 0.255 e. The minimum atomic E-state index is -0.0369. The van der Waals surface area contributed by atoms with Gasteiger partial charge in [-0.2, -0.15) is 10.2 Å². The number of anilines is 1. The van der Waals surface area contributed by atoms with Gasteiger partial charge in [-0.1, -0.05) is 12.1 Å². The van der Waals surface area contributed by atoms with Gasteiger partial charge < -0.3 is 9.80 Å². The quantitative estimate of drug-likeness (QED) is 0.803. The van der Waals surface area contributed by atoms with Crippen molar-refractivity contribution >= 4 is 11.7 Å². The summed E-state index contributed by atoms with van der Waals surface area (Å²) in [6.45, 7) is 6.40. The molecule has 0 fully saturated rings. The molecule has 22 heavy (non-hydrogen) atoms. The van der Waals surface area contributed by atoms with Crippen LogP contribution in [0.5, 0.6) is 0 Å². The third-order valence-corrected chi connectivity index (χ3v) is 3.64. The zero-order valence-corrected chi connectivity index (χ0v) is 12.2. The van der Waals surface area contributed by atoms with Crippen molar-refractivity contribution in [3.05, 3.63) is 60.6 Å². The molecule has 1 amide bonds. The highest BCUT2D eigenvalue weighted by molar-refractivity contribution is 5.94. The molecule has 2 aromatic heterocycles. The van der Waals surface area contributed by atoms with Crippen LogP contribution in [0.3, 0.4) is 0 Å². The van der Waals surface area contributed by atoms with Crippen molar-refractivity contribution in [1.29, 1.82) is 0 Å². The molecular weight excluding hydrogens is 278 g/mol. The molecule has 0 spiro atoms. The average molecular weight is 295 g/mol. The number of rotatable bonds is 3. The van der Waals surface area contributed by atoms with Crippen molar-refractivity contribution in [2.45, 2.75) is 6.54 Å². The number of fused-ring (bicyclic) bond motifs is 1. The second kappa shape index (κ2) is 6.34. The minimum absolute atomic E-state index is 0.0369. The Labute approximate surface area is 129 Å². The molecule has 0 radical (unpaired) electrons. The Morgan fingerprint density at radius 2 is 2.18 bits per heavy atom. The normalized spacial score (nSPS) is 14.2. The van der Waals surface area contributed by atoms with Gasteiger partial charge in [0, 0.05) is 37.9 Å². The standard InChI is InChI=1S/C16H17N5O/c1-2-8-20-9-10-21(12-14-4-3-6-17-15(14)20)16(22)13-5-7-18-19-11-13/h2-7,11H,1,8-10,12H2. The van der Waals surface area contributed by atoms with Gasteiger partial charge in [0.25, 0.3) is 5.91 Å². The third-order valence-electron chi connectivity index (χ3n) is 3.64. The molecule has 1 aliphatic heterocycles. The van der Waals surface area contributed by atoms with Gasteiger partial charge in [-0.25, -0.2) is 4.98 Å². The van der Waals surface area contributed by atoms with E-state index in [2.05, 4.69) is 26.7 Å². The van der Waals surface area contributed by atoms with Crippen LogP contribution in [0.15, 0.2) is 49.4 Å². The van der Waals surface area contributed by atoms with Gasteiger partial charge in [0.2, 0.25) is 0 Å². The van der Waals surface area contributed by atoms with E-state index in [1.807, 2.05) is 23.1 Å². The van der Waals surface area contributed by atoms with Crippen molar-refractivity contribution in [3.8, 4) is 0 Å². The summed E-state index contributed by atoms with van der Waals surface area (Å²) in [7, 11) is 0. The Morgan fingerprint density at radius 3 is 2.95 bits per heavy atom. The summed E-state index contributed by atoms with van der Waals surface area (Å²) < 4.78 is 0. The first-order valence-electron chi connectivity index (χ1n) is 7.15. The largest absolute Gasteiger partial charge is 0.351 e. The highest BCUT2D eigenvalue weighted by Gasteiger charge is 2.24. The van der Waals surface area contributed by atoms with Crippen LogP contribution < -0.4 is 4.90 Å². The van der Waals surface area contributed by atoms with E-state index >= 15 is 0 Å². The topological polar surface area (TPSA) is 62.2 Å². The molecule has 3 rings (SSSR count). The van der Waals surface area contributed by atoms with Crippen LogP contribution in [0.1, 0.15) is 15.9 Å². The zero-order valence-electron chi connectivity index (χ0n) is 12.2. The Morgan fingerprint density at radius 1 is 1.27 bits per heavy atom. The van der Waals surface area contributed by atoms with Gasteiger partial charge in [-0.05, 0) is 12.1 Å². The fourth-order valence-corrected chi connectivity index (χ4v) is 2.58. The Bertz CT molecular complexity index is 673. The lowest BCUT2D eigenvalue weighted by molar-refractivity contribution is 0.0751. The number of carbonyl (C=O) groups is 1. The molecule has 0 aliphatic carbocycles. The van der Waals surface area contributed by atoms with E-state index < -0.39 is 0 Å². The zero-order chi connectivity index (χ0) is 15.4. The van der Waals surface area contributed by atoms with E-state index in [0.717, 1.165) is 17.9 Å². The number of pyridine rings is 1. The summed E-state index contributed by atoms with van der Waals surface area (Å²) in [5.74, 6) is 0.885. The van der Waals surface area contributed by atoms with E-state index in [1.54, 1.807) is 12.3 Å². The number of carbonyl (C=O) groups excluding carboxylic acids is 1. The molecule has 0 atom stereocenters. The lowest BCUT2D eigenvalue weighted by atomic mass is 10.2. The van der Waals surface area contributed by atoms with Crippen molar-refractivity contribution in [2.75, 3.05) is 24.5 Å². The SMILES string of the molecule is C=CCN1CCN(C(=O)c2ccnnc2)Cc2cccnc21. The van der Waals surface area contributed by atoms with Crippen LogP contribution in [0.2, 0.25) is 0 Å². The van der Waals surface area contributed by atoms with E-state index in [4.69, 9.17) is 0 Å². The lowest BCUT2D eigenvalue weighted by Crippen LogP contribution is -2.35. The molecule has 6 nitrogen and oxygen atoms in total. The van der Waals surface area contributed by atoms with Crippen LogP contribution in [0.25, 0.3) is 0 Å². The lowest BCUT2D eigenvalue weighted by Gasteiger charge is -2.22. The van der Waals surface area contributed by atoms with Gasteiger partial charge in [0.05, 0.1) is 18.0 Å². The first-order chi connectivity index (χ1) is 10.8. The number of amides is 1. The van der Waals surface area contributed by atoms with Crippen molar-refractivity contribution in [1.82, 2.24) is 20.1 Å². The van der Waals surface area contributed by atoms with Crippen LogP contribution in [-0.4, -0.2) is 45.6 Å². The summed E-state index contributed by atoms with van der Waals surface area (Å²) >= 11 is 0. The maximum absolute atomic E-state index is 12.6. The Hall–Kier alpha value is -2.76. The van der Waals surface area contributed by atoms with Gasteiger partial charge in [-0.3, -0.25) is 4.79 Å². The molecule has 0 bridgehead atoms. The van der Waals surface area contributed by atoms with E-state index in [0.29, 0.717) is 25.2 Å². The summed E-state index contributed by atoms with van der Waals surface area (Å²) in [6, 6.07) is 5.59. The number of nitrogens with zero attached hydrogens (tertiary/aromatic N) is 5. The highest BCUT2D eigenvalue weighted by Crippen LogP contribution is 2.23. The predicted octanol–water partition coefficient (Wildman–Crippen LogP) is 1.52. The summed E-state index contributed by atoms with van der Waals surface area (Å²) in [5, 5.41) is 7.49. The molecule has 0 N–H and O–H groups in total. The molecule has 0 saturated heterocycles. The van der Waals surface area contributed by atoms with Crippen molar-refractivity contribution in [2.24, 2.45) is 0 Å². The maximum Gasteiger partial charge on any atom is 0.255 e. The summed E-state index contributed by atoms with van der Waals surface area (Å²) in [6.07, 6.45) is 6.66. The van der Waals surface area contributed by atoms with Gasteiger partial charge in [-0.15, -0.1) is 6.58 Å². The van der Waals surface area contributed by atoms with Gasteiger partial charge in [0.1, 0.15) is 5.82 Å². The summed E-state index contributed by atoms with van der Waals surface area (Å²) in [5.41, 5.74) is 1.59. The number of hydrogen-bond donors (Lipinski definition) is 0. The first-order valence-corrected chi connectivity index (χ1v) is 7.15. The molecule has 0 unspecified atom stereocenters. The number of hydrogen-bond acceptors (Lipinski definition) is 5. The van der Waals surface area contributed by atoms with Crippen molar-refractivity contribution in [3.63, 3.8) is 0 Å². The highest BCUT2D eigenvalue weighted by atomic mass is 16.2. The fourth-order valence-electron chi connectivity index (χ4n) is 2.58. The van der Waals surface area contributed by atoms with Crippen LogP contribution in [0, 0.1) is 0 Å². The van der Waals surface area contributed by atoms with Crippen LogP contribution >= 0.6 is 0 Å². The van der Waals surface area contributed by atoms with E-state index in [-0.39, 0.29) is 5.91 Å². The van der Waals surface area contributed by atoms with Crippen LogP contribution in [-0.2, 0) is 6.54 Å². The van der Waals surface area contributed by atoms with E-state index in [1.165, 1.54) is 12.4 Å². The molecular formula is C16H17N5O. The molecule has 0 aromatic carbocycles. The maximum atomic E-state index is 12.6. The molecule has 6 heteroatoms. The van der Waals surface area contributed by atoms with E-state index in [9.17, 15) is 4.79 Å². The Kier molecular flexibility index (Phi) is 4.09. The monoisotopic (exact) mass is 295 g/mol. The molecule has 0 saturated carbocycles. The molecule has 2 aromatic rings. The second-order valence-electron chi connectivity index (χ2n) is 5.08. The predicted molar refractivity (Wildman–Crippen MR) is 83.4 cm³/mol. The Balaban J connectivity index is 1.88. The number of aromatic nitrogens is 3. The first kappa shape index (κ1) is 14.2. The summed E-state index contributed by atoms with van der Waals surface area (Å²) in [4.78, 5) is 21.0. The molecule has 1 aliphatic rings. The molecule has 3 heterocycles.